The Morgan fingerprint density at radius 2 is 2.06 bits per heavy atom. The van der Waals surface area contributed by atoms with Crippen LogP contribution in [0.25, 0.3) is 0 Å². The van der Waals surface area contributed by atoms with E-state index in [0.717, 1.165) is 11.3 Å². The second-order valence-corrected chi connectivity index (χ2v) is 8.76. The summed E-state index contributed by atoms with van der Waals surface area (Å²) in [5.74, 6) is 0.737. The highest BCUT2D eigenvalue weighted by molar-refractivity contribution is 7.12. The molecule has 0 radical (unpaired) electrons. The van der Waals surface area contributed by atoms with Gasteiger partial charge in [-0.1, -0.05) is 47.7 Å². The number of tetrazole rings is 1. The van der Waals surface area contributed by atoms with E-state index in [1.54, 1.807) is 41.7 Å². The molecule has 0 saturated carbocycles. The molecular weight excluding hydrogens is 417 g/mol. The van der Waals surface area contributed by atoms with E-state index in [9.17, 15) is 14.3 Å². The van der Waals surface area contributed by atoms with E-state index in [0.29, 0.717) is 37.2 Å². The molecule has 3 atom stereocenters. The second kappa shape index (κ2) is 9.93. The number of benzene rings is 1. The molecule has 9 heteroatoms. The van der Waals surface area contributed by atoms with Crippen LogP contribution in [0.1, 0.15) is 40.2 Å². The number of aliphatic hydroxyl groups excluding tert-OH is 1. The van der Waals surface area contributed by atoms with Gasteiger partial charge in [0.05, 0.1) is 6.04 Å². The quantitative estimate of drug-likeness (QED) is 0.498. The smallest absolute Gasteiger partial charge is 0.223 e. The predicted molar refractivity (Wildman–Crippen MR) is 115 cm³/mol. The first-order chi connectivity index (χ1) is 15.1. The molecule has 162 valence electrons. The first-order valence-electron chi connectivity index (χ1n) is 10.2. The molecule has 2 N–H and O–H groups in total. The number of H-pyrrole nitrogens is 1. The van der Waals surface area contributed by atoms with E-state index in [-0.39, 0.29) is 11.9 Å². The number of carbonyl (C=O) groups is 1. The molecule has 3 aromatic rings. The van der Waals surface area contributed by atoms with E-state index in [2.05, 4.69) is 26.7 Å². The summed E-state index contributed by atoms with van der Waals surface area (Å²) in [6, 6.07) is 12.6. The fourth-order valence-corrected chi connectivity index (χ4v) is 4.72. The van der Waals surface area contributed by atoms with Crippen molar-refractivity contribution in [1.29, 1.82) is 0 Å². The van der Waals surface area contributed by atoms with Crippen LogP contribution in [-0.4, -0.2) is 55.2 Å². The first-order valence-corrected chi connectivity index (χ1v) is 11.1. The Morgan fingerprint density at radius 1 is 1.26 bits per heavy atom. The predicted octanol–water partition coefficient (Wildman–Crippen LogP) is 3.01. The number of nitrogens with one attached hydrogen (secondary N) is 1. The van der Waals surface area contributed by atoms with Crippen molar-refractivity contribution in [3.05, 3.63) is 75.8 Å². The number of hydrogen-bond acceptors (Lipinski definition) is 6. The highest BCUT2D eigenvalue weighted by Crippen LogP contribution is 2.25. The minimum absolute atomic E-state index is 0.0903. The number of carbonyl (C=O) groups excluding carboxylic acids is 1. The maximum atomic E-state index is 14.5. The SMILES string of the molecule is O=C1CC[C@H](C=CC(O)C(F)c2ccccc2)N1CCc1ccc(Cc2nn[nH]n2)s1. The lowest BCUT2D eigenvalue weighted by Gasteiger charge is -2.22. The van der Waals surface area contributed by atoms with Crippen LogP contribution in [0.2, 0.25) is 0 Å². The topological polar surface area (TPSA) is 95.0 Å². The molecule has 1 saturated heterocycles. The van der Waals surface area contributed by atoms with E-state index < -0.39 is 12.3 Å². The number of likely N-dealkylation sites (tertiary alicyclic amines) is 1. The van der Waals surface area contributed by atoms with Gasteiger partial charge in [0.15, 0.2) is 12.0 Å². The fraction of sp³-hybridized carbons (Fsp3) is 0.364. The third kappa shape index (κ3) is 5.42. The Balaban J connectivity index is 1.33. The Hall–Kier alpha value is -2.91. The third-order valence-corrected chi connectivity index (χ3v) is 6.51. The number of aromatic amines is 1. The Morgan fingerprint density at radius 3 is 2.84 bits per heavy atom. The summed E-state index contributed by atoms with van der Waals surface area (Å²) in [5, 5.41) is 24.2. The van der Waals surface area contributed by atoms with E-state index >= 15 is 0 Å². The number of thiophene rings is 1. The number of aliphatic hydroxyl groups is 1. The molecule has 0 bridgehead atoms. The monoisotopic (exact) mass is 441 g/mol. The molecule has 0 spiro atoms. The average molecular weight is 442 g/mol. The maximum Gasteiger partial charge on any atom is 0.223 e. The highest BCUT2D eigenvalue weighted by atomic mass is 32.1. The van der Waals surface area contributed by atoms with Crippen molar-refractivity contribution in [1.82, 2.24) is 25.5 Å². The normalized spacial score (nSPS) is 18.7. The van der Waals surface area contributed by atoms with Gasteiger partial charge in [0.1, 0.15) is 6.10 Å². The molecule has 3 heterocycles. The number of aromatic nitrogens is 4. The molecule has 1 aromatic carbocycles. The lowest BCUT2D eigenvalue weighted by Crippen LogP contribution is -2.33. The number of rotatable bonds is 9. The summed E-state index contributed by atoms with van der Waals surface area (Å²) in [4.78, 5) is 16.5. The van der Waals surface area contributed by atoms with Crippen molar-refractivity contribution in [2.75, 3.05) is 6.54 Å². The van der Waals surface area contributed by atoms with Gasteiger partial charge < -0.3 is 10.0 Å². The second-order valence-electron chi connectivity index (χ2n) is 7.50. The van der Waals surface area contributed by atoms with Gasteiger partial charge >= 0.3 is 0 Å². The van der Waals surface area contributed by atoms with Crippen LogP contribution in [0.5, 0.6) is 0 Å². The summed E-state index contributed by atoms with van der Waals surface area (Å²) in [5.41, 5.74) is 0.438. The maximum absolute atomic E-state index is 14.5. The molecule has 4 rings (SSSR count). The summed E-state index contributed by atoms with van der Waals surface area (Å²) >= 11 is 1.67. The Kier molecular flexibility index (Phi) is 6.83. The fourth-order valence-electron chi connectivity index (χ4n) is 3.72. The van der Waals surface area contributed by atoms with E-state index in [1.807, 2.05) is 17.0 Å². The first kappa shape index (κ1) is 21.3. The van der Waals surface area contributed by atoms with E-state index in [1.165, 1.54) is 11.0 Å². The van der Waals surface area contributed by atoms with Gasteiger partial charge in [0, 0.05) is 29.1 Å². The third-order valence-electron chi connectivity index (χ3n) is 5.36. The van der Waals surface area contributed by atoms with Gasteiger partial charge in [-0.15, -0.1) is 21.5 Å². The molecule has 1 fully saturated rings. The number of halogens is 1. The standard InChI is InChI=1S/C22H24FN5O2S/c23-22(15-4-2-1-3-5-15)19(29)10-6-16-7-11-21(30)28(16)13-12-17-8-9-18(31-17)14-20-24-26-27-25-20/h1-6,8-10,16,19,22,29H,7,11-14H2,(H,24,25,26,27)/t16-,19?,22?/m0/s1. The van der Waals surface area contributed by atoms with Crippen molar-refractivity contribution in [3.63, 3.8) is 0 Å². The van der Waals surface area contributed by atoms with Crippen LogP contribution in [0.15, 0.2) is 54.6 Å². The van der Waals surface area contributed by atoms with Gasteiger partial charge in [0.25, 0.3) is 0 Å². The van der Waals surface area contributed by atoms with Crippen LogP contribution < -0.4 is 0 Å². The Bertz CT molecular complexity index is 1010. The molecule has 7 nitrogen and oxygen atoms in total. The van der Waals surface area contributed by atoms with Gasteiger partial charge in [-0.25, -0.2) is 4.39 Å². The summed E-state index contributed by atoms with van der Waals surface area (Å²) < 4.78 is 14.5. The van der Waals surface area contributed by atoms with Gasteiger partial charge in [-0.05, 0) is 30.5 Å². The molecule has 1 aliphatic rings. The van der Waals surface area contributed by atoms with Crippen LogP contribution in [-0.2, 0) is 17.6 Å². The molecule has 1 amide bonds. The van der Waals surface area contributed by atoms with Crippen molar-refractivity contribution in [3.8, 4) is 0 Å². The minimum atomic E-state index is -1.49. The van der Waals surface area contributed by atoms with Crippen molar-refractivity contribution < 1.29 is 14.3 Å². The van der Waals surface area contributed by atoms with Crippen LogP contribution in [0.4, 0.5) is 4.39 Å². The average Bonchev–Trinajstić information content (AvgIpc) is 3.53. The number of alkyl halides is 1. The molecule has 1 aliphatic heterocycles. The summed E-state index contributed by atoms with van der Waals surface area (Å²) in [6.45, 7) is 0.587. The minimum Gasteiger partial charge on any atom is -0.386 e. The van der Waals surface area contributed by atoms with Gasteiger partial charge in [-0.2, -0.15) is 5.21 Å². The lowest BCUT2D eigenvalue weighted by molar-refractivity contribution is -0.128. The zero-order valence-corrected chi connectivity index (χ0v) is 17.7. The summed E-state index contributed by atoms with van der Waals surface area (Å²) in [6.07, 6.45) is 3.01. The molecular formula is C22H24FN5O2S. The van der Waals surface area contributed by atoms with Crippen LogP contribution in [0.3, 0.4) is 0 Å². The Labute approximate surface area is 183 Å². The number of hydrogen-bond donors (Lipinski definition) is 2. The number of amides is 1. The van der Waals surface area contributed by atoms with Crippen molar-refractivity contribution in [2.24, 2.45) is 0 Å². The van der Waals surface area contributed by atoms with Crippen LogP contribution in [0, 0.1) is 0 Å². The van der Waals surface area contributed by atoms with Crippen molar-refractivity contribution in [2.45, 2.75) is 44.0 Å². The molecule has 0 aliphatic carbocycles. The number of nitrogens with zero attached hydrogens (tertiary/aromatic N) is 4. The molecule has 2 unspecified atom stereocenters. The highest BCUT2D eigenvalue weighted by Gasteiger charge is 2.29. The molecule has 2 aromatic heterocycles. The van der Waals surface area contributed by atoms with E-state index in [4.69, 9.17) is 0 Å². The molecule has 31 heavy (non-hydrogen) atoms. The zero-order valence-electron chi connectivity index (χ0n) is 16.9. The van der Waals surface area contributed by atoms with Gasteiger partial charge in [0.2, 0.25) is 5.91 Å². The zero-order chi connectivity index (χ0) is 21.6. The van der Waals surface area contributed by atoms with Crippen molar-refractivity contribution >= 4 is 17.2 Å². The van der Waals surface area contributed by atoms with Crippen LogP contribution >= 0.6 is 11.3 Å². The largest absolute Gasteiger partial charge is 0.386 e. The van der Waals surface area contributed by atoms with Gasteiger partial charge in [-0.3, -0.25) is 4.79 Å². The lowest BCUT2D eigenvalue weighted by atomic mass is 10.0. The summed E-state index contributed by atoms with van der Waals surface area (Å²) in [7, 11) is 0.